The number of nitrogens with zero attached hydrogens (tertiary/aromatic N) is 2. The third-order valence-electron chi connectivity index (χ3n) is 2.01. The number of hydrogen-bond acceptors (Lipinski definition) is 5. The molecule has 0 aliphatic heterocycles. The molecule has 0 fully saturated rings. The molecule has 16 heavy (non-hydrogen) atoms. The van der Waals surface area contributed by atoms with Crippen LogP contribution in [0.2, 0.25) is 0 Å². The molecule has 0 radical (unpaired) electrons. The molecule has 0 aliphatic rings. The number of benzene rings is 1. The average Bonchev–Trinajstić information content (AvgIpc) is 2.64. The molecule has 7 heteroatoms. The average molecular weight is 237 g/mol. The molecule has 1 N–H and O–H groups in total. The number of para-hydroxylation sites is 1. The van der Waals surface area contributed by atoms with Crippen LogP contribution >= 0.6 is 12.2 Å². The first-order valence-corrected chi connectivity index (χ1v) is 4.84. The third-order valence-corrected chi connectivity index (χ3v) is 2.19. The Labute approximate surface area is 95.1 Å². The van der Waals surface area contributed by atoms with Gasteiger partial charge in [-0.2, -0.15) is 0 Å². The smallest absolute Gasteiger partial charge is 0.284 e. The first kappa shape index (κ1) is 10.5. The van der Waals surface area contributed by atoms with Gasteiger partial charge in [-0.15, -0.1) is 5.10 Å². The van der Waals surface area contributed by atoms with Crippen LogP contribution in [0.25, 0.3) is 0 Å². The van der Waals surface area contributed by atoms with Gasteiger partial charge in [0, 0.05) is 11.6 Å². The van der Waals surface area contributed by atoms with Gasteiger partial charge in [-0.05, 0) is 12.2 Å². The molecular weight excluding hydrogens is 230 g/mol. The molecule has 0 spiro atoms. The standard InChI is InChI=1S/C9H7N3O3S/c13-12(14)7-4-2-1-3-6(7)5-8-10-11-9(16)15-8/h1-4H,5H2,(H,11,16). The molecule has 0 amide bonds. The quantitative estimate of drug-likeness (QED) is 0.502. The molecule has 82 valence electrons. The van der Waals surface area contributed by atoms with Crippen molar-refractivity contribution in [2.45, 2.75) is 6.42 Å². The highest BCUT2D eigenvalue weighted by Gasteiger charge is 2.14. The zero-order valence-electron chi connectivity index (χ0n) is 8.04. The van der Waals surface area contributed by atoms with Crippen molar-refractivity contribution in [2.75, 3.05) is 0 Å². The Morgan fingerprint density at radius 1 is 1.50 bits per heavy atom. The summed E-state index contributed by atoms with van der Waals surface area (Å²) in [7, 11) is 0. The van der Waals surface area contributed by atoms with Crippen molar-refractivity contribution in [1.29, 1.82) is 0 Å². The van der Waals surface area contributed by atoms with Crippen molar-refractivity contribution >= 4 is 17.9 Å². The fraction of sp³-hybridized carbons (Fsp3) is 0.111. The Kier molecular flexibility index (Phi) is 2.78. The lowest BCUT2D eigenvalue weighted by Crippen LogP contribution is -1.96. The topological polar surface area (TPSA) is 85.0 Å². The predicted octanol–water partition coefficient (Wildman–Crippen LogP) is 2.23. The Morgan fingerprint density at radius 2 is 2.25 bits per heavy atom. The van der Waals surface area contributed by atoms with Crippen LogP contribution in [0.15, 0.2) is 28.7 Å². The van der Waals surface area contributed by atoms with E-state index in [-0.39, 0.29) is 16.9 Å². The van der Waals surface area contributed by atoms with Gasteiger partial charge in [0.2, 0.25) is 5.89 Å². The van der Waals surface area contributed by atoms with Gasteiger partial charge in [0.15, 0.2) is 0 Å². The van der Waals surface area contributed by atoms with E-state index >= 15 is 0 Å². The first-order valence-electron chi connectivity index (χ1n) is 4.43. The molecule has 0 aliphatic carbocycles. The summed E-state index contributed by atoms with van der Waals surface area (Å²) in [6.45, 7) is 0. The lowest BCUT2D eigenvalue weighted by atomic mass is 10.1. The van der Waals surface area contributed by atoms with E-state index in [0.29, 0.717) is 11.5 Å². The van der Waals surface area contributed by atoms with Gasteiger partial charge in [-0.25, -0.2) is 5.10 Å². The van der Waals surface area contributed by atoms with Crippen LogP contribution in [0, 0.1) is 15.0 Å². The third kappa shape index (κ3) is 2.14. The van der Waals surface area contributed by atoms with Gasteiger partial charge in [0.25, 0.3) is 10.5 Å². The van der Waals surface area contributed by atoms with E-state index in [0.717, 1.165) is 0 Å². The van der Waals surface area contributed by atoms with Crippen LogP contribution in [0.1, 0.15) is 11.5 Å². The summed E-state index contributed by atoms with van der Waals surface area (Å²) in [5, 5.41) is 17.0. The molecule has 2 rings (SSSR count). The number of nitro benzene ring substituents is 1. The molecule has 1 aromatic heterocycles. The molecule has 0 atom stereocenters. The van der Waals surface area contributed by atoms with Crippen molar-refractivity contribution in [2.24, 2.45) is 0 Å². The van der Waals surface area contributed by atoms with E-state index in [4.69, 9.17) is 16.6 Å². The Hall–Kier alpha value is -2.02. The molecule has 1 aromatic carbocycles. The SMILES string of the molecule is O=[N+]([O-])c1ccccc1Cc1n[nH]c(=S)o1. The van der Waals surface area contributed by atoms with E-state index in [9.17, 15) is 10.1 Å². The zero-order chi connectivity index (χ0) is 11.5. The highest BCUT2D eigenvalue weighted by atomic mass is 32.1. The second kappa shape index (κ2) is 4.23. The number of hydrogen-bond donors (Lipinski definition) is 1. The van der Waals surface area contributed by atoms with Crippen molar-refractivity contribution < 1.29 is 9.34 Å². The first-order chi connectivity index (χ1) is 7.66. The second-order valence-electron chi connectivity index (χ2n) is 3.07. The number of nitro groups is 1. The molecule has 1 heterocycles. The van der Waals surface area contributed by atoms with Crippen molar-refractivity contribution in [3.8, 4) is 0 Å². The highest BCUT2D eigenvalue weighted by molar-refractivity contribution is 7.71. The van der Waals surface area contributed by atoms with Crippen LogP contribution in [-0.4, -0.2) is 15.1 Å². The van der Waals surface area contributed by atoms with Gasteiger partial charge < -0.3 is 4.42 Å². The summed E-state index contributed by atoms with van der Waals surface area (Å²) >= 11 is 4.71. The summed E-state index contributed by atoms with van der Waals surface area (Å²) in [4.78, 5) is 10.5. The molecule has 0 saturated heterocycles. The Bertz CT molecular complexity index is 575. The number of rotatable bonds is 3. The number of aromatic nitrogens is 2. The number of nitrogens with one attached hydrogen (secondary N) is 1. The van der Waals surface area contributed by atoms with Gasteiger partial charge in [0.05, 0.1) is 11.3 Å². The number of H-pyrrole nitrogens is 1. The van der Waals surface area contributed by atoms with E-state index in [1.54, 1.807) is 18.2 Å². The summed E-state index contributed by atoms with van der Waals surface area (Å²) in [5.74, 6) is 0.333. The molecule has 0 saturated carbocycles. The zero-order valence-corrected chi connectivity index (χ0v) is 8.86. The van der Waals surface area contributed by atoms with Crippen LogP contribution < -0.4 is 0 Å². The Morgan fingerprint density at radius 3 is 2.88 bits per heavy atom. The maximum Gasteiger partial charge on any atom is 0.284 e. The molecule has 6 nitrogen and oxygen atoms in total. The minimum Gasteiger partial charge on any atom is -0.414 e. The van der Waals surface area contributed by atoms with E-state index < -0.39 is 4.92 Å². The molecule has 2 aromatic rings. The Balaban J connectivity index is 2.34. The predicted molar refractivity (Wildman–Crippen MR) is 57.6 cm³/mol. The van der Waals surface area contributed by atoms with E-state index in [1.165, 1.54) is 6.07 Å². The lowest BCUT2D eigenvalue weighted by molar-refractivity contribution is -0.385. The van der Waals surface area contributed by atoms with Gasteiger partial charge in [-0.3, -0.25) is 10.1 Å². The molecule has 0 bridgehead atoms. The van der Waals surface area contributed by atoms with E-state index in [1.807, 2.05) is 0 Å². The van der Waals surface area contributed by atoms with Gasteiger partial charge in [0.1, 0.15) is 0 Å². The summed E-state index contributed by atoms with van der Waals surface area (Å²) < 4.78 is 5.05. The minimum atomic E-state index is -0.434. The molecular formula is C9H7N3O3S. The second-order valence-corrected chi connectivity index (χ2v) is 3.44. The fourth-order valence-electron chi connectivity index (χ4n) is 1.34. The molecule has 0 unspecified atom stereocenters. The normalized spacial score (nSPS) is 10.2. The van der Waals surface area contributed by atoms with Crippen molar-refractivity contribution in [3.63, 3.8) is 0 Å². The maximum atomic E-state index is 10.7. The van der Waals surface area contributed by atoms with Crippen LogP contribution in [0.5, 0.6) is 0 Å². The van der Waals surface area contributed by atoms with Crippen molar-refractivity contribution in [1.82, 2.24) is 10.2 Å². The van der Waals surface area contributed by atoms with E-state index in [2.05, 4.69) is 10.2 Å². The minimum absolute atomic E-state index is 0.0478. The van der Waals surface area contributed by atoms with Crippen LogP contribution in [-0.2, 0) is 6.42 Å². The van der Waals surface area contributed by atoms with Crippen LogP contribution in [0.4, 0.5) is 5.69 Å². The highest BCUT2D eigenvalue weighted by Crippen LogP contribution is 2.20. The fourth-order valence-corrected chi connectivity index (χ4v) is 1.48. The summed E-state index contributed by atoms with van der Waals surface area (Å²) in [6, 6.07) is 6.44. The van der Waals surface area contributed by atoms with Gasteiger partial charge >= 0.3 is 0 Å². The lowest BCUT2D eigenvalue weighted by Gasteiger charge is -1.98. The maximum absolute atomic E-state index is 10.7. The van der Waals surface area contributed by atoms with Gasteiger partial charge in [-0.1, -0.05) is 18.2 Å². The monoisotopic (exact) mass is 237 g/mol. The summed E-state index contributed by atoms with van der Waals surface area (Å²) in [5.41, 5.74) is 0.587. The summed E-state index contributed by atoms with van der Waals surface area (Å²) in [6.07, 6.45) is 0.240. The van der Waals surface area contributed by atoms with Crippen LogP contribution in [0.3, 0.4) is 0 Å². The van der Waals surface area contributed by atoms with Crippen molar-refractivity contribution in [3.05, 3.63) is 50.7 Å². The number of aromatic amines is 1. The largest absolute Gasteiger partial charge is 0.414 e.